The second-order valence-electron chi connectivity index (χ2n) is 11.2. The predicted octanol–water partition coefficient (Wildman–Crippen LogP) is -8.72. The maximum atomic E-state index is 10.5. The average molecular weight is 651 g/mol. The zero-order chi connectivity index (χ0) is 32.6. The Hall–Kier alpha value is -0.800. The van der Waals surface area contributed by atoms with E-state index in [4.69, 9.17) is 33.2 Å². The summed E-state index contributed by atoms with van der Waals surface area (Å²) in [5, 5.41) is 132. The van der Waals surface area contributed by atoms with E-state index in [0.717, 1.165) is 0 Å². The molecule has 20 heteroatoms. The monoisotopic (exact) mass is 650 g/mol. The van der Waals surface area contributed by atoms with Crippen LogP contribution in [-0.2, 0) is 33.2 Å². The fourth-order valence-corrected chi connectivity index (χ4v) is 5.27. The molecule has 0 aromatic rings. The van der Waals surface area contributed by atoms with Gasteiger partial charge >= 0.3 is 0 Å². The quantitative estimate of drug-likeness (QED) is 0.110. The van der Waals surface area contributed by atoms with Gasteiger partial charge in [0.05, 0.1) is 25.9 Å². The van der Waals surface area contributed by atoms with Crippen molar-refractivity contribution in [1.29, 1.82) is 0 Å². The largest absolute Gasteiger partial charge is 0.394 e. The van der Waals surface area contributed by atoms with Gasteiger partial charge in [-0.15, -0.1) is 0 Å². The minimum atomic E-state index is -1.90. The molecule has 0 aromatic carbocycles. The number of ether oxygens (including phenoxy) is 7. The predicted molar refractivity (Wildman–Crippen MR) is 132 cm³/mol. The second-order valence-corrected chi connectivity index (χ2v) is 11.2. The molecular weight excluding hydrogens is 608 g/mol. The number of aliphatic hydroxyl groups is 13. The summed E-state index contributed by atoms with van der Waals surface area (Å²) in [6, 6.07) is 0. The lowest BCUT2D eigenvalue weighted by molar-refractivity contribution is -0.362. The van der Waals surface area contributed by atoms with Crippen LogP contribution in [0.1, 0.15) is 6.92 Å². The van der Waals surface area contributed by atoms with Crippen LogP contribution >= 0.6 is 0 Å². The number of hydrogen-bond donors (Lipinski definition) is 13. The molecule has 0 bridgehead atoms. The van der Waals surface area contributed by atoms with E-state index in [1.54, 1.807) is 0 Å². The van der Waals surface area contributed by atoms with Crippen LogP contribution in [0.3, 0.4) is 0 Å². The molecule has 4 saturated heterocycles. The van der Waals surface area contributed by atoms with Gasteiger partial charge in [0, 0.05) is 0 Å². The second kappa shape index (κ2) is 15.0. The van der Waals surface area contributed by atoms with Gasteiger partial charge in [-0.2, -0.15) is 0 Å². The zero-order valence-electron chi connectivity index (χ0n) is 23.3. The molecule has 4 rings (SSSR count). The molecule has 20 nitrogen and oxygen atoms in total. The van der Waals surface area contributed by atoms with Crippen LogP contribution in [0.5, 0.6) is 0 Å². The Morgan fingerprint density at radius 1 is 0.455 bits per heavy atom. The Kier molecular flexibility index (Phi) is 12.3. The van der Waals surface area contributed by atoms with Gasteiger partial charge in [-0.05, 0) is 6.92 Å². The Morgan fingerprint density at radius 2 is 0.864 bits per heavy atom. The first-order chi connectivity index (χ1) is 20.7. The SMILES string of the molecule is C[C@@H]1OC(O)[C@H](O)[C@H](OC2O[C@H](COC3O[C@H](CO[C@@H]4O[C@H](CO)[C@@H](O)[C@H](O)[C@H]4O)[C@H](O)[C@H](O)[C@H]3O)[C@H](O)[C@H](O)[C@H]2O)[C@H]1O. The molecule has 3 unspecified atom stereocenters. The van der Waals surface area contributed by atoms with Crippen molar-refractivity contribution < 1.29 is 99.5 Å². The van der Waals surface area contributed by atoms with Crippen LogP contribution in [-0.4, -0.2) is 209 Å². The first kappa shape index (κ1) is 36.0. The van der Waals surface area contributed by atoms with Crippen LogP contribution in [0.4, 0.5) is 0 Å². The molecule has 4 fully saturated rings. The lowest BCUT2D eigenvalue weighted by Gasteiger charge is -2.45. The lowest BCUT2D eigenvalue weighted by Crippen LogP contribution is -2.64. The normalized spacial score (nSPS) is 53.9. The van der Waals surface area contributed by atoms with Crippen molar-refractivity contribution in [3.05, 3.63) is 0 Å². The van der Waals surface area contributed by atoms with Gasteiger partial charge in [-0.1, -0.05) is 0 Å². The smallest absolute Gasteiger partial charge is 0.187 e. The van der Waals surface area contributed by atoms with Gasteiger partial charge in [0.25, 0.3) is 0 Å². The minimum Gasteiger partial charge on any atom is -0.394 e. The highest BCUT2D eigenvalue weighted by molar-refractivity contribution is 4.95. The van der Waals surface area contributed by atoms with Crippen LogP contribution in [0, 0.1) is 0 Å². The van der Waals surface area contributed by atoms with E-state index in [0.29, 0.717) is 0 Å². The molecule has 44 heavy (non-hydrogen) atoms. The van der Waals surface area contributed by atoms with E-state index in [1.807, 2.05) is 0 Å². The highest BCUT2D eigenvalue weighted by Crippen LogP contribution is 2.30. The van der Waals surface area contributed by atoms with E-state index in [9.17, 15) is 66.4 Å². The zero-order valence-corrected chi connectivity index (χ0v) is 23.3. The van der Waals surface area contributed by atoms with Crippen molar-refractivity contribution in [2.45, 2.75) is 130 Å². The van der Waals surface area contributed by atoms with E-state index >= 15 is 0 Å². The molecule has 258 valence electrons. The Morgan fingerprint density at radius 3 is 1.34 bits per heavy atom. The first-order valence-corrected chi connectivity index (χ1v) is 14.0. The molecule has 13 N–H and O–H groups in total. The van der Waals surface area contributed by atoms with Crippen LogP contribution in [0.15, 0.2) is 0 Å². The van der Waals surface area contributed by atoms with E-state index in [-0.39, 0.29) is 0 Å². The van der Waals surface area contributed by atoms with Crippen molar-refractivity contribution in [2.24, 2.45) is 0 Å². The molecule has 0 amide bonds. The molecule has 4 aliphatic heterocycles. The molecule has 0 saturated carbocycles. The summed E-state index contributed by atoms with van der Waals surface area (Å²) in [7, 11) is 0. The molecular formula is C24H42O20. The number of rotatable bonds is 9. The minimum absolute atomic E-state index is 0.628. The van der Waals surface area contributed by atoms with Crippen molar-refractivity contribution in [3.63, 3.8) is 0 Å². The van der Waals surface area contributed by atoms with E-state index in [1.165, 1.54) is 6.92 Å². The summed E-state index contributed by atoms with van der Waals surface area (Å²) in [6.45, 7) is -0.658. The highest BCUT2D eigenvalue weighted by Gasteiger charge is 2.51. The summed E-state index contributed by atoms with van der Waals surface area (Å²) < 4.78 is 37.4. The molecule has 4 aliphatic rings. The standard InChI is InChI=1S/C24H42O20/c1-5-9(26)20(19(36)21(37)40-5)44-24-18(35)15(32)12(29)8(43-24)4-39-23-17(34)14(31)11(28)7(42-23)3-38-22-16(33)13(30)10(27)6(2-25)41-22/h5-37H,2-4H2,1H3/t5-,6+,7+,8+,9-,10+,11-,12-,13-,14-,15-,16+,17+,18+,19+,20+,21?,22+,23?,24?/m0/s1. The van der Waals surface area contributed by atoms with Gasteiger partial charge in [0.15, 0.2) is 25.2 Å². The maximum Gasteiger partial charge on any atom is 0.187 e. The van der Waals surface area contributed by atoms with Crippen molar-refractivity contribution in [1.82, 2.24) is 0 Å². The summed E-state index contributed by atoms with van der Waals surface area (Å²) in [5.41, 5.74) is 0. The summed E-state index contributed by atoms with van der Waals surface area (Å²) in [6.07, 6.45) is -33.2. The molecule has 0 aliphatic carbocycles. The third-order valence-corrected chi connectivity index (χ3v) is 8.13. The number of aliphatic hydroxyl groups excluding tert-OH is 13. The molecule has 0 aromatic heterocycles. The fourth-order valence-electron chi connectivity index (χ4n) is 5.27. The summed E-state index contributed by atoms with van der Waals surface area (Å²) >= 11 is 0. The van der Waals surface area contributed by atoms with Gasteiger partial charge in [-0.25, -0.2) is 0 Å². The van der Waals surface area contributed by atoms with E-state index < -0.39 is 143 Å². The van der Waals surface area contributed by atoms with E-state index in [2.05, 4.69) is 0 Å². The van der Waals surface area contributed by atoms with Crippen molar-refractivity contribution in [2.75, 3.05) is 19.8 Å². The molecule has 4 heterocycles. The first-order valence-electron chi connectivity index (χ1n) is 14.0. The number of hydrogen-bond acceptors (Lipinski definition) is 20. The summed E-state index contributed by atoms with van der Waals surface area (Å²) in [4.78, 5) is 0. The third-order valence-electron chi connectivity index (χ3n) is 8.13. The average Bonchev–Trinajstić information content (AvgIpc) is 3.00. The van der Waals surface area contributed by atoms with Crippen LogP contribution in [0.2, 0.25) is 0 Å². The highest BCUT2D eigenvalue weighted by atomic mass is 16.8. The van der Waals surface area contributed by atoms with Crippen LogP contribution < -0.4 is 0 Å². The van der Waals surface area contributed by atoms with Gasteiger partial charge in [0.1, 0.15) is 91.6 Å². The van der Waals surface area contributed by atoms with Crippen molar-refractivity contribution >= 4 is 0 Å². The Labute approximate surface area is 249 Å². The third kappa shape index (κ3) is 7.35. The Bertz CT molecular complexity index is 886. The van der Waals surface area contributed by atoms with Crippen molar-refractivity contribution in [3.8, 4) is 0 Å². The molecule has 0 spiro atoms. The summed E-state index contributed by atoms with van der Waals surface area (Å²) in [5.74, 6) is 0. The lowest BCUT2D eigenvalue weighted by atomic mass is 9.97. The topological polar surface area (TPSA) is 328 Å². The van der Waals surface area contributed by atoms with Crippen LogP contribution in [0.25, 0.3) is 0 Å². The molecule has 20 atom stereocenters. The fraction of sp³-hybridized carbons (Fsp3) is 1.00. The van der Waals surface area contributed by atoms with Gasteiger partial charge in [0.2, 0.25) is 0 Å². The maximum absolute atomic E-state index is 10.5. The van der Waals surface area contributed by atoms with Gasteiger partial charge < -0.3 is 99.5 Å². The Balaban J connectivity index is 1.37. The molecule has 0 radical (unpaired) electrons. The van der Waals surface area contributed by atoms with Gasteiger partial charge in [-0.3, -0.25) is 0 Å².